The number of methoxy groups -OCH3 is 1. The Labute approximate surface area is 93.0 Å². The van der Waals surface area contributed by atoms with E-state index in [0.717, 1.165) is 24.9 Å². The van der Waals surface area contributed by atoms with Crippen molar-refractivity contribution in [2.45, 2.75) is 31.8 Å². The van der Waals surface area contributed by atoms with Crippen LogP contribution < -0.4 is 5.73 Å². The van der Waals surface area contributed by atoms with Crippen LogP contribution in [0, 0.1) is 11.8 Å². The van der Waals surface area contributed by atoms with Crippen molar-refractivity contribution in [1.29, 1.82) is 0 Å². The van der Waals surface area contributed by atoms with Crippen molar-refractivity contribution in [3.05, 3.63) is 0 Å². The molecule has 2 fully saturated rings. The van der Waals surface area contributed by atoms with Crippen LogP contribution >= 0.6 is 0 Å². The van der Waals surface area contributed by atoms with Gasteiger partial charge in [-0.15, -0.1) is 0 Å². The first-order valence-electron chi connectivity index (χ1n) is 6.28. The molecule has 2 N–H and O–H groups in total. The molecule has 0 radical (unpaired) electrons. The fourth-order valence-electron chi connectivity index (χ4n) is 3.15. The second-order valence-electron chi connectivity index (χ2n) is 5.09. The molecule has 3 atom stereocenters. The van der Waals surface area contributed by atoms with Crippen molar-refractivity contribution in [3.8, 4) is 0 Å². The van der Waals surface area contributed by atoms with E-state index in [1.165, 1.54) is 38.8 Å². The standard InChI is InChI=1S/C12H24N2O/c1-15-12-5-6-14(9-12)8-11-4-2-3-10(11)7-13/h10-12H,2-9,13H2,1H3. The highest BCUT2D eigenvalue weighted by atomic mass is 16.5. The lowest BCUT2D eigenvalue weighted by molar-refractivity contribution is 0.104. The monoisotopic (exact) mass is 212 g/mol. The van der Waals surface area contributed by atoms with Gasteiger partial charge in [-0.3, -0.25) is 0 Å². The van der Waals surface area contributed by atoms with Gasteiger partial charge in [-0.05, 0) is 37.6 Å². The zero-order valence-corrected chi connectivity index (χ0v) is 9.82. The Morgan fingerprint density at radius 2 is 2.07 bits per heavy atom. The van der Waals surface area contributed by atoms with Gasteiger partial charge in [0.1, 0.15) is 0 Å². The van der Waals surface area contributed by atoms with Crippen molar-refractivity contribution in [2.75, 3.05) is 33.3 Å². The van der Waals surface area contributed by atoms with Crippen molar-refractivity contribution in [1.82, 2.24) is 4.90 Å². The molecule has 0 aromatic carbocycles. The molecule has 0 aromatic rings. The number of nitrogens with two attached hydrogens (primary N) is 1. The van der Waals surface area contributed by atoms with Crippen LogP contribution in [0.25, 0.3) is 0 Å². The summed E-state index contributed by atoms with van der Waals surface area (Å²) in [4.78, 5) is 2.56. The van der Waals surface area contributed by atoms with Crippen LogP contribution in [0.1, 0.15) is 25.7 Å². The molecule has 3 heteroatoms. The van der Waals surface area contributed by atoms with Crippen LogP contribution in [0.2, 0.25) is 0 Å². The SMILES string of the molecule is COC1CCN(CC2CCCC2CN)C1. The zero-order chi connectivity index (χ0) is 10.7. The van der Waals surface area contributed by atoms with E-state index in [2.05, 4.69) is 4.90 Å². The molecule has 2 aliphatic rings. The number of rotatable bonds is 4. The van der Waals surface area contributed by atoms with E-state index < -0.39 is 0 Å². The lowest BCUT2D eigenvalue weighted by Gasteiger charge is -2.24. The Balaban J connectivity index is 1.77. The van der Waals surface area contributed by atoms with E-state index in [-0.39, 0.29) is 0 Å². The molecule has 15 heavy (non-hydrogen) atoms. The summed E-state index contributed by atoms with van der Waals surface area (Å²) in [6.07, 6.45) is 5.80. The van der Waals surface area contributed by atoms with Gasteiger partial charge in [0.2, 0.25) is 0 Å². The number of likely N-dealkylation sites (tertiary alicyclic amines) is 1. The van der Waals surface area contributed by atoms with Crippen LogP contribution in [0.4, 0.5) is 0 Å². The molecule has 1 saturated heterocycles. The van der Waals surface area contributed by atoms with Crippen LogP contribution in [0.3, 0.4) is 0 Å². The Morgan fingerprint density at radius 3 is 2.73 bits per heavy atom. The molecular weight excluding hydrogens is 188 g/mol. The molecule has 1 aliphatic heterocycles. The van der Waals surface area contributed by atoms with Gasteiger partial charge in [-0.2, -0.15) is 0 Å². The summed E-state index contributed by atoms with van der Waals surface area (Å²) in [6, 6.07) is 0. The molecule has 1 heterocycles. The topological polar surface area (TPSA) is 38.5 Å². The summed E-state index contributed by atoms with van der Waals surface area (Å²) >= 11 is 0. The fourth-order valence-corrected chi connectivity index (χ4v) is 3.15. The third-order valence-corrected chi connectivity index (χ3v) is 4.17. The first-order valence-corrected chi connectivity index (χ1v) is 6.28. The summed E-state index contributed by atoms with van der Waals surface area (Å²) in [5.41, 5.74) is 5.81. The summed E-state index contributed by atoms with van der Waals surface area (Å²) in [7, 11) is 1.83. The summed E-state index contributed by atoms with van der Waals surface area (Å²) in [6.45, 7) is 4.48. The van der Waals surface area contributed by atoms with E-state index in [9.17, 15) is 0 Å². The summed E-state index contributed by atoms with van der Waals surface area (Å²) in [5, 5.41) is 0. The van der Waals surface area contributed by atoms with Gasteiger partial charge in [0, 0.05) is 26.7 Å². The van der Waals surface area contributed by atoms with E-state index in [1.54, 1.807) is 0 Å². The second kappa shape index (κ2) is 5.28. The molecule has 0 spiro atoms. The third-order valence-electron chi connectivity index (χ3n) is 4.17. The fraction of sp³-hybridized carbons (Fsp3) is 1.00. The molecule has 88 valence electrons. The normalized spacial score (nSPS) is 37.6. The number of hydrogen-bond acceptors (Lipinski definition) is 3. The Bertz CT molecular complexity index is 198. The number of ether oxygens (including phenoxy) is 1. The maximum Gasteiger partial charge on any atom is 0.0710 e. The van der Waals surface area contributed by atoms with Crippen molar-refractivity contribution < 1.29 is 4.74 Å². The second-order valence-corrected chi connectivity index (χ2v) is 5.09. The minimum absolute atomic E-state index is 0.475. The minimum Gasteiger partial charge on any atom is -0.380 e. The highest BCUT2D eigenvalue weighted by Crippen LogP contribution is 2.32. The van der Waals surface area contributed by atoms with Gasteiger partial charge in [0.25, 0.3) is 0 Å². The molecule has 2 rings (SSSR count). The molecular formula is C12H24N2O. The van der Waals surface area contributed by atoms with Gasteiger partial charge >= 0.3 is 0 Å². The van der Waals surface area contributed by atoms with E-state index >= 15 is 0 Å². The average molecular weight is 212 g/mol. The van der Waals surface area contributed by atoms with Crippen molar-refractivity contribution in [3.63, 3.8) is 0 Å². The van der Waals surface area contributed by atoms with E-state index in [4.69, 9.17) is 10.5 Å². The van der Waals surface area contributed by atoms with E-state index in [0.29, 0.717) is 6.10 Å². The summed E-state index contributed by atoms with van der Waals surface area (Å²) < 4.78 is 5.39. The van der Waals surface area contributed by atoms with E-state index in [1.807, 2.05) is 7.11 Å². The Kier molecular flexibility index (Phi) is 4.00. The van der Waals surface area contributed by atoms with Crippen molar-refractivity contribution >= 4 is 0 Å². The van der Waals surface area contributed by atoms with Crippen LogP contribution in [-0.4, -0.2) is 44.3 Å². The highest BCUT2D eigenvalue weighted by Gasteiger charge is 2.30. The first-order chi connectivity index (χ1) is 7.33. The predicted molar refractivity (Wildman–Crippen MR) is 61.7 cm³/mol. The predicted octanol–water partition coefficient (Wildman–Crippen LogP) is 1.08. The smallest absolute Gasteiger partial charge is 0.0710 e. The lowest BCUT2D eigenvalue weighted by Crippen LogP contribution is -2.32. The number of hydrogen-bond donors (Lipinski definition) is 1. The highest BCUT2D eigenvalue weighted by molar-refractivity contribution is 4.84. The van der Waals surface area contributed by atoms with Gasteiger partial charge in [-0.1, -0.05) is 6.42 Å². The quantitative estimate of drug-likeness (QED) is 0.758. The molecule has 1 saturated carbocycles. The average Bonchev–Trinajstić information content (AvgIpc) is 2.87. The van der Waals surface area contributed by atoms with Crippen LogP contribution in [0.5, 0.6) is 0 Å². The molecule has 3 unspecified atom stereocenters. The zero-order valence-electron chi connectivity index (χ0n) is 9.82. The van der Waals surface area contributed by atoms with Gasteiger partial charge in [0.05, 0.1) is 6.10 Å². The third kappa shape index (κ3) is 2.71. The van der Waals surface area contributed by atoms with Crippen molar-refractivity contribution in [2.24, 2.45) is 17.6 Å². The van der Waals surface area contributed by atoms with Gasteiger partial charge in [0.15, 0.2) is 0 Å². The Hall–Kier alpha value is -0.120. The van der Waals surface area contributed by atoms with Crippen LogP contribution in [-0.2, 0) is 4.74 Å². The first kappa shape index (κ1) is 11.4. The van der Waals surface area contributed by atoms with Gasteiger partial charge < -0.3 is 15.4 Å². The molecule has 0 amide bonds. The number of nitrogens with zero attached hydrogens (tertiary/aromatic N) is 1. The molecule has 3 nitrogen and oxygen atoms in total. The lowest BCUT2D eigenvalue weighted by atomic mass is 9.96. The van der Waals surface area contributed by atoms with Gasteiger partial charge in [-0.25, -0.2) is 0 Å². The maximum atomic E-state index is 5.81. The largest absolute Gasteiger partial charge is 0.380 e. The van der Waals surface area contributed by atoms with Crippen LogP contribution in [0.15, 0.2) is 0 Å². The minimum atomic E-state index is 0.475. The Morgan fingerprint density at radius 1 is 1.27 bits per heavy atom. The molecule has 0 aromatic heterocycles. The molecule has 1 aliphatic carbocycles. The maximum absolute atomic E-state index is 5.81. The summed E-state index contributed by atoms with van der Waals surface area (Å²) in [5.74, 6) is 1.64. The molecule has 0 bridgehead atoms.